The van der Waals surface area contributed by atoms with Gasteiger partial charge < -0.3 is 20.4 Å². The number of H-pyrrole nitrogens is 1. The third kappa shape index (κ3) is 5.10. The molecule has 0 spiro atoms. The van der Waals surface area contributed by atoms with Gasteiger partial charge >= 0.3 is 0 Å². The van der Waals surface area contributed by atoms with Crippen LogP contribution >= 0.6 is 0 Å². The largest absolute Gasteiger partial charge is 0.497 e. The molecule has 0 unspecified atom stereocenters. The van der Waals surface area contributed by atoms with Crippen LogP contribution in [0.2, 0.25) is 0 Å². The highest BCUT2D eigenvalue weighted by molar-refractivity contribution is 5.84. The fourth-order valence-corrected chi connectivity index (χ4v) is 4.59. The van der Waals surface area contributed by atoms with E-state index in [0.717, 1.165) is 24.1 Å². The van der Waals surface area contributed by atoms with E-state index < -0.39 is 0 Å². The van der Waals surface area contributed by atoms with Gasteiger partial charge in [-0.1, -0.05) is 49.6 Å². The molecule has 1 saturated carbocycles. The molecule has 0 saturated heterocycles. The molecule has 3 aromatic rings. The lowest BCUT2D eigenvalue weighted by Crippen LogP contribution is -2.47. The van der Waals surface area contributed by atoms with Crippen molar-refractivity contribution in [3.8, 4) is 5.75 Å². The molecule has 1 heterocycles. The summed E-state index contributed by atoms with van der Waals surface area (Å²) in [5.74, 6) is 1.06. The minimum absolute atomic E-state index is 0.0966. The van der Waals surface area contributed by atoms with Gasteiger partial charge in [0, 0.05) is 35.6 Å². The van der Waals surface area contributed by atoms with Crippen LogP contribution in [-0.4, -0.2) is 36.6 Å². The summed E-state index contributed by atoms with van der Waals surface area (Å²) in [6, 6.07) is 16.7. The predicted molar refractivity (Wildman–Crippen MR) is 126 cm³/mol. The van der Waals surface area contributed by atoms with Crippen LogP contribution in [0.4, 0.5) is 0 Å². The minimum atomic E-state index is -0.243. The van der Waals surface area contributed by atoms with Gasteiger partial charge in [-0.25, -0.2) is 0 Å². The van der Waals surface area contributed by atoms with E-state index in [4.69, 9.17) is 4.74 Å². The summed E-state index contributed by atoms with van der Waals surface area (Å²) in [6.45, 7) is 2.63. The molecule has 0 radical (unpaired) electrons. The van der Waals surface area contributed by atoms with Crippen LogP contribution in [0, 0.1) is 0 Å². The Morgan fingerprint density at radius 3 is 2.58 bits per heavy atom. The summed E-state index contributed by atoms with van der Waals surface area (Å²) in [5.41, 5.74) is 3.55. The topological polar surface area (TPSA) is 66.2 Å². The summed E-state index contributed by atoms with van der Waals surface area (Å²) >= 11 is 0. The lowest BCUT2D eigenvalue weighted by Gasteiger charge is -2.26. The lowest BCUT2D eigenvalue weighted by molar-refractivity contribution is -0.123. The van der Waals surface area contributed by atoms with Crippen LogP contribution in [0.5, 0.6) is 5.75 Å². The van der Waals surface area contributed by atoms with Crippen molar-refractivity contribution in [3.63, 3.8) is 0 Å². The average Bonchev–Trinajstić information content (AvgIpc) is 3.24. The molecule has 0 bridgehead atoms. The van der Waals surface area contributed by atoms with Gasteiger partial charge in [0.1, 0.15) is 5.75 Å². The first-order chi connectivity index (χ1) is 15.2. The molecular formula is C26H33N3O2. The fourth-order valence-electron chi connectivity index (χ4n) is 4.59. The maximum atomic E-state index is 12.7. The number of aromatic amines is 1. The molecule has 164 valence electrons. The normalized spacial score (nSPS) is 16.7. The Labute approximate surface area is 184 Å². The van der Waals surface area contributed by atoms with Gasteiger partial charge in [0.25, 0.3) is 0 Å². The molecule has 2 atom stereocenters. The summed E-state index contributed by atoms with van der Waals surface area (Å²) in [6.07, 6.45) is 8.01. The quantitative estimate of drug-likeness (QED) is 0.494. The van der Waals surface area contributed by atoms with E-state index in [1.165, 1.54) is 35.8 Å². The second kappa shape index (κ2) is 10.0. The summed E-state index contributed by atoms with van der Waals surface area (Å²) < 4.78 is 5.34. The summed E-state index contributed by atoms with van der Waals surface area (Å²) in [7, 11) is 1.68. The van der Waals surface area contributed by atoms with Crippen molar-refractivity contribution in [2.45, 2.75) is 57.0 Å². The molecule has 5 nitrogen and oxygen atoms in total. The zero-order valence-electron chi connectivity index (χ0n) is 18.5. The molecule has 1 aliphatic rings. The van der Waals surface area contributed by atoms with Crippen molar-refractivity contribution in [2.75, 3.05) is 13.7 Å². The SMILES string of the molecule is COc1ccc([C@@H](CN[C@H](C)C(=O)NC2CCCCC2)c2c[nH]c3ccccc23)cc1. The third-order valence-electron chi connectivity index (χ3n) is 6.49. The average molecular weight is 420 g/mol. The van der Waals surface area contributed by atoms with Gasteiger partial charge in [0.05, 0.1) is 13.2 Å². The zero-order valence-corrected chi connectivity index (χ0v) is 18.5. The first-order valence-electron chi connectivity index (χ1n) is 11.4. The number of ether oxygens (including phenoxy) is 1. The second-order valence-corrected chi connectivity index (χ2v) is 8.59. The number of para-hydroxylation sites is 1. The Morgan fingerprint density at radius 1 is 1.10 bits per heavy atom. The Balaban J connectivity index is 1.51. The van der Waals surface area contributed by atoms with E-state index in [-0.39, 0.29) is 17.9 Å². The van der Waals surface area contributed by atoms with Crippen molar-refractivity contribution in [1.29, 1.82) is 0 Å². The van der Waals surface area contributed by atoms with E-state index in [0.29, 0.717) is 12.6 Å². The van der Waals surface area contributed by atoms with Crippen molar-refractivity contribution in [2.24, 2.45) is 0 Å². The van der Waals surface area contributed by atoms with Crippen LogP contribution in [0.25, 0.3) is 10.9 Å². The third-order valence-corrected chi connectivity index (χ3v) is 6.49. The van der Waals surface area contributed by atoms with Crippen LogP contribution in [0.3, 0.4) is 0 Å². The number of rotatable bonds is 8. The van der Waals surface area contributed by atoms with Gasteiger partial charge in [0.2, 0.25) is 5.91 Å². The van der Waals surface area contributed by atoms with Crippen molar-refractivity contribution in [3.05, 3.63) is 65.9 Å². The molecule has 0 aliphatic heterocycles. The van der Waals surface area contributed by atoms with Gasteiger partial charge in [-0.3, -0.25) is 4.79 Å². The Bertz CT molecular complexity index is 989. The number of fused-ring (bicyclic) bond motifs is 1. The maximum absolute atomic E-state index is 12.7. The smallest absolute Gasteiger partial charge is 0.237 e. The minimum Gasteiger partial charge on any atom is -0.497 e. The van der Waals surface area contributed by atoms with Gasteiger partial charge in [-0.15, -0.1) is 0 Å². The Hall–Kier alpha value is -2.79. The number of methoxy groups -OCH3 is 1. The van der Waals surface area contributed by atoms with Crippen LogP contribution < -0.4 is 15.4 Å². The van der Waals surface area contributed by atoms with Crippen molar-refractivity contribution < 1.29 is 9.53 Å². The highest BCUT2D eigenvalue weighted by Gasteiger charge is 2.23. The molecule has 1 fully saturated rings. The summed E-state index contributed by atoms with van der Waals surface area (Å²) in [5, 5.41) is 7.94. The number of amides is 1. The van der Waals surface area contributed by atoms with E-state index >= 15 is 0 Å². The molecule has 1 aliphatic carbocycles. The van der Waals surface area contributed by atoms with Crippen molar-refractivity contribution >= 4 is 16.8 Å². The summed E-state index contributed by atoms with van der Waals surface area (Å²) in [4.78, 5) is 16.1. The molecule has 2 aromatic carbocycles. The zero-order chi connectivity index (χ0) is 21.6. The van der Waals surface area contributed by atoms with E-state index in [1.807, 2.05) is 25.1 Å². The molecule has 5 heteroatoms. The number of aromatic nitrogens is 1. The van der Waals surface area contributed by atoms with E-state index in [1.54, 1.807) is 7.11 Å². The number of carbonyl (C=O) groups excluding carboxylic acids is 1. The first kappa shape index (κ1) is 21.4. The van der Waals surface area contributed by atoms with Gasteiger partial charge in [-0.05, 0) is 49.1 Å². The number of nitrogens with one attached hydrogen (secondary N) is 3. The molecular weight excluding hydrogens is 386 g/mol. The second-order valence-electron chi connectivity index (χ2n) is 8.59. The highest BCUT2D eigenvalue weighted by Crippen LogP contribution is 2.31. The molecule has 4 rings (SSSR count). The Kier molecular flexibility index (Phi) is 6.92. The van der Waals surface area contributed by atoms with Crippen molar-refractivity contribution in [1.82, 2.24) is 15.6 Å². The monoisotopic (exact) mass is 419 g/mol. The molecule has 1 aromatic heterocycles. The highest BCUT2D eigenvalue weighted by atomic mass is 16.5. The number of carbonyl (C=O) groups is 1. The fraction of sp³-hybridized carbons (Fsp3) is 0.423. The number of hydrogen-bond donors (Lipinski definition) is 3. The van der Waals surface area contributed by atoms with E-state index in [9.17, 15) is 4.79 Å². The standard InChI is InChI=1S/C26H33N3O2/c1-18(26(30)29-20-8-4-3-5-9-20)27-16-23(19-12-14-21(31-2)15-13-19)24-17-28-25-11-7-6-10-22(24)25/h6-7,10-15,17-18,20,23,27-28H,3-5,8-9,16H2,1-2H3,(H,29,30)/t18-,23-/m1/s1. The first-order valence-corrected chi connectivity index (χ1v) is 11.4. The van der Waals surface area contributed by atoms with Crippen LogP contribution in [0.1, 0.15) is 56.1 Å². The Morgan fingerprint density at radius 2 is 1.84 bits per heavy atom. The molecule has 3 N–H and O–H groups in total. The molecule has 1 amide bonds. The van der Waals surface area contributed by atoms with Crippen LogP contribution in [-0.2, 0) is 4.79 Å². The number of hydrogen-bond acceptors (Lipinski definition) is 3. The van der Waals surface area contributed by atoms with Gasteiger partial charge in [0.15, 0.2) is 0 Å². The van der Waals surface area contributed by atoms with Gasteiger partial charge in [-0.2, -0.15) is 0 Å². The van der Waals surface area contributed by atoms with E-state index in [2.05, 4.69) is 52.1 Å². The van der Waals surface area contributed by atoms with Crippen LogP contribution in [0.15, 0.2) is 54.7 Å². The molecule has 31 heavy (non-hydrogen) atoms. The lowest BCUT2D eigenvalue weighted by atomic mass is 9.90. The maximum Gasteiger partial charge on any atom is 0.237 e. The predicted octanol–water partition coefficient (Wildman–Crippen LogP) is 4.74. The number of benzene rings is 2.